The molecule has 6 nitrogen and oxygen atoms in total. The number of benzene rings is 2. The van der Waals surface area contributed by atoms with E-state index in [2.05, 4.69) is 22.5 Å². The monoisotopic (exact) mass is 567 g/mol. The second-order valence-corrected chi connectivity index (χ2v) is 12.0. The molecule has 204 valence electrons. The molecule has 0 spiro atoms. The molecule has 1 saturated carbocycles. The maximum absolute atomic E-state index is 13.5. The zero-order valence-corrected chi connectivity index (χ0v) is 22.6. The molecule has 0 atom stereocenters. The zero-order chi connectivity index (χ0) is 27.5. The summed E-state index contributed by atoms with van der Waals surface area (Å²) in [6, 6.07) is 11.5. The van der Waals surface area contributed by atoms with Crippen LogP contribution in [0.15, 0.2) is 47.4 Å². The van der Waals surface area contributed by atoms with Gasteiger partial charge in [-0.3, -0.25) is 0 Å². The first-order valence-electron chi connectivity index (χ1n) is 12.2. The van der Waals surface area contributed by atoms with E-state index in [0.717, 1.165) is 37.6 Å². The predicted octanol–water partition coefficient (Wildman–Crippen LogP) is 6.04. The average molecular weight is 568 g/mol. The molecule has 0 amide bonds. The van der Waals surface area contributed by atoms with Gasteiger partial charge in [0.2, 0.25) is 0 Å². The Morgan fingerprint density at radius 1 is 1.11 bits per heavy atom. The number of halogens is 4. The molecule has 1 aliphatic carbocycles. The van der Waals surface area contributed by atoms with Gasteiger partial charge in [0.1, 0.15) is 18.9 Å². The summed E-state index contributed by atoms with van der Waals surface area (Å²) in [7, 11) is -1.76. The van der Waals surface area contributed by atoms with Gasteiger partial charge in [0.05, 0.1) is 21.8 Å². The van der Waals surface area contributed by atoms with E-state index in [1.54, 1.807) is 25.2 Å². The van der Waals surface area contributed by atoms with Gasteiger partial charge < -0.3 is 19.9 Å². The SMILES string of the molecule is CNc1cc(S(C)(=O)=O)ccc1OCC#Cc1cc2c(NC3CCC(Cl)CC3)cccc2n1CC(F)(F)F. The lowest BCUT2D eigenvalue weighted by Crippen LogP contribution is -2.26. The fourth-order valence-corrected chi connectivity index (χ4v) is 5.48. The van der Waals surface area contributed by atoms with Crippen molar-refractivity contribution in [3.63, 3.8) is 0 Å². The molecule has 2 aromatic carbocycles. The van der Waals surface area contributed by atoms with Crippen molar-refractivity contribution in [1.82, 2.24) is 4.57 Å². The Balaban J connectivity index is 1.59. The van der Waals surface area contributed by atoms with Crippen molar-refractivity contribution in [2.75, 3.05) is 30.5 Å². The number of ether oxygens (including phenoxy) is 1. The van der Waals surface area contributed by atoms with Gasteiger partial charge in [-0.05, 0) is 68.0 Å². The van der Waals surface area contributed by atoms with Crippen LogP contribution in [0.4, 0.5) is 24.5 Å². The Morgan fingerprint density at radius 3 is 2.50 bits per heavy atom. The van der Waals surface area contributed by atoms with Crippen molar-refractivity contribution >= 4 is 43.7 Å². The molecule has 0 bridgehead atoms. The van der Waals surface area contributed by atoms with Crippen LogP contribution in [0.3, 0.4) is 0 Å². The Kier molecular flexibility index (Phi) is 8.38. The summed E-state index contributed by atoms with van der Waals surface area (Å²) >= 11 is 6.22. The third-order valence-corrected chi connectivity index (χ3v) is 8.01. The maximum atomic E-state index is 13.5. The Labute approximate surface area is 225 Å². The van der Waals surface area contributed by atoms with Gasteiger partial charge >= 0.3 is 6.18 Å². The van der Waals surface area contributed by atoms with E-state index in [9.17, 15) is 21.6 Å². The van der Waals surface area contributed by atoms with E-state index in [-0.39, 0.29) is 28.6 Å². The van der Waals surface area contributed by atoms with E-state index >= 15 is 0 Å². The molecule has 1 heterocycles. The van der Waals surface area contributed by atoms with Crippen LogP contribution in [0.1, 0.15) is 31.4 Å². The predicted molar refractivity (Wildman–Crippen MR) is 145 cm³/mol. The van der Waals surface area contributed by atoms with Crippen molar-refractivity contribution in [2.45, 2.75) is 54.7 Å². The van der Waals surface area contributed by atoms with Gasteiger partial charge in [0, 0.05) is 35.8 Å². The molecule has 38 heavy (non-hydrogen) atoms. The highest BCUT2D eigenvalue weighted by atomic mass is 35.5. The minimum absolute atomic E-state index is 0.104. The summed E-state index contributed by atoms with van der Waals surface area (Å²) in [5, 5.41) is 7.21. The molecule has 2 N–H and O–H groups in total. The fraction of sp³-hybridized carbons (Fsp3) is 0.407. The summed E-state index contributed by atoms with van der Waals surface area (Å²) < 4.78 is 70.9. The molecule has 0 unspecified atom stereocenters. The summed E-state index contributed by atoms with van der Waals surface area (Å²) in [6.07, 6.45) is 0.277. The van der Waals surface area contributed by atoms with Crippen LogP contribution in [0.5, 0.6) is 5.75 Å². The lowest BCUT2D eigenvalue weighted by Gasteiger charge is -2.27. The highest BCUT2D eigenvalue weighted by molar-refractivity contribution is 7.90. The van der Waals surface area contributed by atoms with Crippen LogP contribution in [-0.2, 0) is 16.4 Å². The number of hydrogen-bond acceptors (Lipinski definition) is 5. The number of anilines is 2. The minimum Gasteiger partial charge on any atom is -0.479 e. The van der Waals surface area contributed by atoms with Crippen LogP contribution in [0, 0.1) is 11.8 Å². The van der Waals surface area contributed by atoms with Crippen molar-refractivity contribution in [3.05, 3.63) is 48.2 Å². The normalized spacial score (nSPS) is 18.1. The lowest BCUT2D eigenvalue weighted by atomic mass is 9.94. The van der Waals surface area contributed by atoms with Gasteiger partial charge in [-0.15, -0.1) is 11.6 Å². The number of nitrogens with zero attached hydrogens (tertiary/aromatic N) is 1. The quantitative estimate of drug-likeness (QED) is 0.269. The van der Waals surface area contributed by atoms with Crippen LogP contribution in [0.25, 0.3) is 10.9 Å². The highest BCUT2D eigenvalue weighted by Gasteiger charge is 2.30. The van der Waals surface area contributed by atoms with Crippen molar-refractivity contribution in [3.8, 4) is 17.6 Å². The third kappa shape index (κ3) is 6.88. The summed E-state index contributed by atoms with van der Waals surface area (Å²) in [5.41, 5.74) is 1.89. The largest absolute Gasteiger partial charge is 0.479 e. The molecule has 1 aliphatic rings. The van der Waals surface area contributed by atoms with Crippen molar-refractivity contribution < 1.29 is 26.3 Å². The van der Waals surface area contributed by atoms with E-state index in [0.29, 0.717) is 22.3 Å². The Hall–Kier alpha value is -3.03. The van der Waals surface area contributed by atoms with Gasteiger partial charge in [-0.2, -0.15) is 13.2 Å². The zero-order valence-electron chi connectivity index (χ0n) is 21.0. The molecule has 4 rings (SSSR count). The van der Waals surface area contributed by atoms with Gasteiger partial charge in [-0.1, -0.05) is 12.0 Å². The molecule has 0 radical (unpaired) electrons. The number of nitrogens with one attached hydrogen (secondary N) is 2. The first-order valence-corrected chi connectivity index (χ1v) is 14.5. The van der Waals surface area contributed by atoms with Crippen LogP contribution in [-0.4, -0.2) is 50.5 Å². The lowest BCUT2D eigenvalue weighted by molar-refractivity contribution is -0.140. The molecule has 3 aromatic rings. The first kappa shape index (κ1) is 28.0. The smallest absolute Gasteiger partial charge is 0.406 e. The Morgan fingerprint density at radius 2 is 1.84 bits per heavy atom. The summed E-state index contributed by atoms with van der Waals surface area (Å²) in [5.74, 6) is 6.01. The standard InChI is InChI=1S/C27H29ClF3N3O3S/c1-32-24-16-21(38(2,35)36)12-13-26(24)37-14-4-5-20-15-22-23(33-19-10-8-18(28)9-11-19)6-3-7-25(22)34(20)17-27(29,30)31/h3,6-7,12-13,15-16,18-19,32-33H,8-11,14,17H2,1-2H3. The van der Waals surface area contributed by atoms with Crippen LogP contribution < -0.4 is 15.4 Å². The molecule has 1 aromatic heterocycles. The maximum Gasteiger partial charge on any atom is 0.406 e. The fourth-order valence-electron chi connectivity index (χ4n) is 4.58. The molecule has 0 saturated heterocycles. The first-order chi connectivity index (χ1) is 17.9. The second kappa shape index (κ2) is 11.4. The molecular weight excluding hydrogens is 539 g/mol. The number of aromatic nitrogens is 1. The third-order valence-electron chi connectivity index (χ3n) is 6.46. The van der Waals surface area contributed by atoms with E-state index in [4.69, 9.17) is 16.3 Å². The number of hydrogen-bond donors (Lipinski definition) is 2. The summed E-state index contributed by atoms with van der Waals surface area (Å²) in [4.78, 5) is 0.136. The van der Waals surface area contributed by atoms with Gasteiger partial charge in [-0.25, -0.2) is 8.42 Å². The van der Waals surface area contributed by atoms with Crippen LogP contribution in [0.2, 0.25) is 0 Å². The second-order valence-electron chi connectivity index (χ2n) is 9.33. The molecule has 0 aliphatic heterocycles. The summed E-state index contributed by atoms with van der Waals surface area (Å²) in [6.45, 7) is -1.27. The number of fused-ring (bicyclic) bond motifs is 1. The van der Waals surface area contributed by atoms with Crippen molar-refractivity contribution in [2.24, 2.45) is 0 Å². The van der Waals surface area contributed by atoms with E-state index < -0.39 is 22.6 Å². The number of sulfone groups is 1. The molecule has 11 heteroatoms. The van der Waals surface area contributed by atoms with Gasteiger partial charge in [0.15, 0.2) is 9.84 Å². The minimum atomic E-state index is -4.43. The van der Waals surface area contributed by atoms with Crippen LogP contribution >= 0.6 is 11.6 Å². The Bertz CT molecular complexity index is 1470. The van der Waals surface area contributed by atoms with Crippen molar-refractivity contribution in [1.29, 1.82) is 0 Å². The van der Waals surface area contributed by atoms with E-state index in [1.165, 1.54) is 22.8 Å². The number of rotatable bonds is 7. The topological polar surface area (TPSA) is 72.4 Å². The van der Waals surface area contributed by atoms with E-state index in [1.807, 2.05) is 6.07 Å². The molecular formula is C27H29ClF3N3O3S. The highest BCUT2D eigenvalue weighted by Crippen LogP contribution is 2.33. The molecule has 1 fully saturated rings. The van der Waals surface area contributed by atoms with Gasteiger partial charge in [0.25, 0.3) is 0 Å². The average Bonchev–Trinajstić information content (AvgIpc) is 3.19. The number of alkyl halides is 4.